The maximum absolute atomic E-state index is 13.2. The van der Waals surface area contributed by atoms with Gasteiger partial charge in [0.05, 0.1) is 17.0 Å². The fourth-order valence-corrected chi connectivity index (χ4v) is 4.84. The van der Waals surface area contributed by atoms with Crippen molar-refractivity contribution in [3.63, 3.8) is 0 Å². The van der Waals surface area contributed by atoms with Crippen LogP contribution in [0, 0.1) is 0 Å². The van der Waals surface area contributed by atoms with Gasteiger partial charge in [-0.15, -0.1) is 0 Å². The second-order valence-electron chi connectivity index (χ2n) is 7.39. The molecule has 30 heavy (non-hydrogen) atoms. The minimum absolute atomic E-state index is 0.136. The minimum atomic E-state index is -0.252. The molecule has 0 saturated carbocycles. The predicted molar refractivity (Wildman–Crippen MR) is 118 cm³/mol. The van der Waals surface area contributed by atoms with Gasteiger partial charge < -0.3 is 9.32 Å². The zero-order chi connectivity index (χ0) is 20.5. The van der Waals surface area contributed by atoms with Crippen LogP contribution in [0.2, 0.25) is 0 Å². The van der Waals surface area contributed by atoms with E-state index >= 15 is 0 Å². The van der Waals surface area contributed by atoms with Gasteiger partial charge in [0.1, 0.15) is 5.03 Å². The Kier molecular flexibility index (Phi) is 5.01. The van der Waals surface area contributed by atoms with Gasteiger partial charge >= 0.3 is 0 Å². The van der Waals surface area contributed by atoms with Gasteiger partial charge in [0.15, 0.2) is 11.6 Å². The molecule has 0 spiro atoms. The van der Waals surface area contributed by atoms with E-state index in [-0.39, 0.29) is 11.2 Å². The molecule has 1 atom stereocenters. The summed E-state index contributed by atoms with van der Waals surface area (Å²) in [6, 6.07) is 19.9. The van der Waals surface area contributed by atoms with Crippen LogP contribution in [0.3, 0.4) is 0 Å². The molecular formula is C24H21N3O2S. The molecule has 2 aromatic heterocycles. The van der Waals surface area contributed by atoms with E-state index in [4.69, 9.17) is 9.40 Å². The normalized spacial score (nSPS) is 14.5. The first-order valence-electron chi connectivity index (χ1n) is 10.0. The lowest BCUT2D eigenvalue weighted by Gasteiger charge is -2.30. The van der Waals surface area contributed by atoms with E-state index in [2.05, 4.69) is 23.2 Å². The van der Waals surface area contributed by atoms with E-state index in [1.165, 1.54) is 22.9 Å². The van der Waals surface area contributed by atoms with Crippen LogP contribution >= 0.6 is 11.8 Å². The smallest absolute Gasteiger partial charge is 0.236 e. The topological polar surface area (TPSA) is 59.2 Å². The molecule has 0 fully saturated rings. The van der Waals surface area contributed by atoms with Crippen LogP contribution in [0.1, 0.15) is 18.1 Å². The lowest BCUT2D eigenvalue weighted by molar-refractivity contribution is -0.131. The van der Waals surface area contributed by atoms with E-state index in [0.717, 1.165) is 28.9 Å². The van der Waals surface area contributed by atoms with Crippen LogP contribution in [0.25, 0.3) is 22.5 Å². The molecule has 0 unspecified atom stereocenters. The molecule has 1 amide bonds. The molecule has 0 aliphatic carbocycles. The van der Waals surface area contributed by atoms with Gasteiger partial charge in [-0.3, -0.25) is 4.79 Å². The highest BCUT2D eigenvalue weighted by Gasteiger charge is 2.26. The summed E-state index contributed by atoms with van der Waals surface area (Å²) in [7, 11) is 0. The predicted octanol–water partition coefficient (Wildman–Crippen LogP) is 4.96. The third kappa shape index (κ3) is 3.59. The van der Waals surface area contributed by atoms with E-state index < -0.39 is 0 Å². The second kappa shape index (κ2) is 7.95. The van der Waals surface area contributed by atoms with Crippen molar-refractivity contribution in [1.29, 1.82) is 0 Å². The fraction of sp³-hybridized carbons (Fsp3) is 0.208. The number of fused-ring (bicyclic) bond motifs is 2. The fourth-order valence-electron chi connectivity index (χ4n) is 3.81. The van der Waals surface area contributed by atoms with Gasteiger partial charge in [-0.05, 0) is 42.7 Å². The number of amides is 1. The molecule has 1 aliphatic rings. The van der Waals surface area contributed by atoms with Gasteiger partial charge in [0, 0.05) is 18.5 Å². The SMILES string of the molecule is C[C@@H](Sc1nc(-c2ccco2)nc2ccccc12)C(=O)N1CCc2ccccc2C1. The summed E-state index contributed by atoms with van der Waals surface area (Å²) in [6.45, 7) is 3.38. The minimum Gasteiger partial charge on any atom is -0.461 e. The summed E-state index contributed by atoms with van der Waals surface area (Å²) in [5.74, 6) is 1.29. The quantitative estimate of drug-likeness (QED) is 0.348. The third-order valence-electron chi connectivity index (χ3n) is 5.39. The van der Waals surface area contributed by atoms with E-state index in [9.17, 15) is 4.79 Å². The number of para-hydroxylation sites is 1. The number of hydrogen-bond acceptors (Lipinski definition) is 5. The Hall–Kier alpha value is -3.12. The van der Waals surface area contributed by atoms with Crippen LogP contribution in [0.4, 0.5) is 0 Å². The number of benzene rings is 2. The molecule has 150 valence electrons. The van der Waals surface area contributed by atoms with Gasteiger partial charge in [-0.2, -0.15) is 0 Å². The van der Waals surface area contributed by atoms with E-state index in [1.54, 1.807) is 6.26 Å². The second-order valence-corrected chi connectivity index (χ2v) is 8.71. The van der Waals surface area contributed by atoms with E-state index in [1.807, 2.05) is 54.3 Å². The van der Waals surface area contributed by atoms with Crippen LogP contribution in [0.15, 0.2) is 76.4 Å². The Morgan fingerprint density at radius 2 is 1.83 bits per heavy atom. The summed E-state index contributed by atoms with van der Waals surface area (Å²) in [6.07, 6.45) is 2.51. The van der Waals surface area contributed by atoms with Gasteiger partial charge in [-0.25, -0.2) is 9.97 Å². The average molecular weight is 416 g/mol. The molecule has 5 nitrogen and oxygen atoms in total. The molecule has 0 N–H and O–H groups in total. The molecule has 0 radical (unpaired) electrons. The van der Waals surface area contributed by atoms with Crippen molar-refractivity contribution in [1.82, 2.24) is 14.9 Å². The van der Waals surface area contributed by atoms with Gasteiger partial charge in [-0.1, -0.05) is 54.2 Å². The number of nitrogens with zero attached hydrogens (tertiary/aromatic N) is 3. The van der Waals surface area contributed by atoms with Crippen molar-refractivity contribution in [3.8, 4) is 11.6 Å². The Balaban J connectivity index is 1.42. The molecule has 0 saturated heterocycles. The number of carbonyl (C=O) groups is 1. The lowest BCUT2D eigenvalue weighted by Crippen LogP contribution is -2.40. The van der Waals surface area contributed by atoms with Crippen molar-refractivity contribution >= 4 is 28.6 Å². The van der Waals surface area contributed by atoms with Crippen LogP contribution in [-0.4, -0.2) is 32.6 Å². The number of furan rings is 1. The van der Waals surface area contributed by atoms with Crippen molar-refractivity contribution in [2.24, 2.45) is 0 Å². The molecular weight excluding hydrogens is 394 g/mol. The Bertz CT molecular complexity index is 1210. The summed E-state index contributed by atoms with van der Waals surface area (Å²) in [5, 5.41) is 1.49. The largest absolute Gasteiger partial charge is 0.461 e. The molecule has 4 aromatic rings. The zero-order valence-corrected chi connectivity index (χ0v) is 17.4. The van der Waals surface area contributed by atoms with E-state index in [0.29, 0.717) is 18.1 Å². The average Bonchev–Trinajstić information content (AvgIpc) is 3.33. The molecule has 1 aliphatic heterocycles. The molecule has 5 rings (SSSR count). The highest BCUT2D eigenvalue weighted by molar-refractivity contribution is 8.00. The van der Waals surface area contributed by atoms with Crippen LogP contribution in [0.5, 0.6) is 0 Å². The van der Waals surface area contributed by atoms with Gasteiger partial charge in [0.2, 0.25) is 5.91 Å². The summed E-state index contributed by atoms with van der Waals surface area (Å²) in [4.78, 5) is 24.5. The highest BCUT2D eigenvalue weighted by atomic mass is 32.2. The van der Waals surface area contributed by atoms with Crippen molar-refractivity contribution < 1.29 is 9.21 Å². The van der Waals surface area contributed by atoms with Crippen molar-refractivity contribution in [3.05, 3.63) is 78.1 Å². The maximum Gasteiger partial charge on any atom is 0.236 e. The molecule has 2 aromatic carbocycles. The zero-order valence-electron chi connectivity index (χ0n) is 16.6. The number of aromatic nitrogens is 2. The molecule has 6 heteroatoms. The lowest BCUT2D eigenvalue weighted by atomic mass is 10.00. The number of rotatable bonds is 4. The first kappa shape index (κ1) is 18.9. The first-order chi connectivity index (χ1) is 14.7. The van der Waals surface area contributed by atoms with Gasteiger partial charge in [0.25, 0.3) is 0 Å². The third-order valence-corrected chi connectivity index (χ3v) is 6.48. The van der Waals surface area contributed by atoms with Crippen molar-refractivity contribution in [2.45, 2.75) is 30.2 Å². The van der Waals surface area contributed by atoms with Crippen molar-refractivity contribution in [2.75, 3.05) is 6.54 Å². The summed E-state index contributed by atoms with van der Waals surface area (Å²) >= 11 is 1.48. The van der Waals surface area contributed by atoms with Crippen LogP contribution < -0.4 is 0 Å². The first-order valence-corrected chi connectivity index (χ1v) is 10.9. The Morgan fingerprint density at radius 1 is 1.03 bits per heavy atom. The highest BCUT2D eigenvalue weighted by Crippen LogP contribution is 2.32. The molecule has 0 bridgehead atoms. The Labute approximate surface area is 179 Å². The number of carbonyl (C=O) groups excluding carboxylic acids is 1. The summed E-state index contributed by atoms with van der Waals surface area (Å²) < 4.78 is 5.49. The maximum atomic E-state index is 13.2. The Morgan fingerprint density at radius 3 is 2.67 bits per heavy atom. The van der Waals surface area contributed by atoms with Crippen LogP contribution in [-0.2, 0) is 17.8 Å². The standard InChI is InChI=1S/C24H21N3O2S/c1-16(24(28)27-13-12-17-7-2-3-8-18(17)15-27)30-23-19-9-4-5-10-20(19)25-22(26-23)21-11-6-14-29-21/h2-11,14,16H,12-13,15H2,1H3/t16-/m1/s1. The number of hydrogen-bond donors (Lipinski definition) is 0. The monoisotopic (exact) mass is 415 g/mol. The summed E-state index contributed by atoms with van der Waals surface area (Å²) in [5.41, 5.74) is 3.42. The number of thioether (sulfide) groups is 1. The molecule has 3 heterocycles.